The van der Waals surface area contributed by atoms with Crippen molar-refractivity contribution in [2.24, 2.45) is 0 Å². The molecule has 106 valence electrons. The summed E-state index contributed by atoms with van der Waals surface area (Å²) in [6, 6.07) is 0. The first-order valence-corrected chi connectivity index (χ1v) is 5.44. The summed E-state index contributed by atoms with van der Waals surface area (Å²) < 4.78 is 61.2. The Morgan fingerprint density at radius 2 is 2.00 bits per heavy atom. The molecule has 0 saturated carbocycles. The van der Waals surface area contributed by atoms with Crippen LogP contribution in [0.4, 0.5) is 17.6 Å². The van der Waals surface area contributed by atoms with Crippen LogP contribution in [-0.2, 0) is 14.3 Å². The fourth-order valence-electron chi connectivity index (χ4n) is 1.48. The number of carboxylic acids is 1. The van der Waals surface area contributed by atoms with Crippen molar-refractivity contribution in [1.29, 1.82) is 0 Å². The van der Waals surface area contributed by atoms with Crippen molar-refractivity contribution in [1.82, 2.24) is 0 Å². The Bertz CT molecular complexity index is 321. The average Bonchev–Trinajstić information content (AvgIpc) is 2.97. The van der Waals surface area contributed by atoms with Crippen molar-refractivity contribution in [3.63, 3.8) is 0 Å². The molecule has 0 bridgehead atoms. The zero-order valence-corrected chi connectivity index (χ0v) is 9.83. The molecule has 8 heteroatoms. The van der Waals surface area contributed by atoms with Gasteiger partial charge in [0.15, 0.2) is 12.4 Å². The molecule has 3 unspecified atom stereocenters. The van der Waals surface area contributed by atoms with Gasteiger partial charge < -0.3 is 14.6 Å². The maximum absolute atomic E-state index is 13.2. The fourth-order valence-corrected chi connectivity index (χ4v) is 1.48. The minimum absolute atomic E-state index is 0.417. The number of carbonyl (C=O) groups is 1. The summed E-state index contributed by atoms with van der Waals surface area (Å²) in [5, 5.41) is 8.08. The molecular formula is C10H14F4O4. The summed E-state index contributed by atoms with van der Waals surface area (Å²) in [5.41, 5.74) is 0. The van der Waals surface area contributed by atoms with Crippen molar-refractivity contribution in [2.75, 3.05) is 0 Å². The van der Waals surface area contributed by atoms with Gasteiger partial charge in [-0.1, -0.05) is 13.3 Å². The predicted molar refractivity (Wildman–Crippen MR) is 51.6 cm³/mol. The van der Waals surface area contributed by atoms with Crippen LogP contribution in [0.25, 0.3) is 0 Å². The van der Waals surface area contributed by atoms with Crippen molar-refractivity contribution in [3.8, 4) is 0 Å². The number of epoxide rings is 1. The standard InChI is InChI=1S/C10H14F4O4/c1-3-4-5(2)17-7-6(18-7)9(11,12)10(13,14)8(15)16/h5-7H,3-4H2,1-2H3,(H,15,16). The van der Waals surface area contributed by atoms with Crippen LogP contribution in [-0.4, -0.2) is 41.4 Å². The van der Waals surface area contributed by atoms with Gasteiger partial charge in [0.2, 0.25) is 0 Å². The number of halogens is 4. The fraction of sp³-hybridized carbons (Fsp3) is 0.900. The lowest BCUT2D eigenvalue weighted by Gasteiger charge is -2.21. The number of aliphatic carboxylic acids is 1. The highest BCUT2D eigenvalue weighted by Crippen LogP contribution is 2.47. The van der Waals surface area contributed by atoms with Crippen LogP contribution in [0.15, 0.2) is 0 Å². The molecule has 18 heavy (non-hydrogen) atoms. The van der Waals surface area contributed by atoms with Crippen LogP contribution >= 0.6 is 0 Å². The molecule has 0 aromatic heterocycles. The Kier molecular flexibility index (Phi) is 4.22. The van der Waals surface area contributed by atoms with Gasteiger partial charge in [0.05, 0.1) is 6.10 Å². The van der Waals surface area contributed by atoms with Crippen LogP contribution in [0.1, 0.15) is 26.7 Å². The minimum Gasteiger partial charge on any atom is -0.477 e. The number of ether oxygens (including phenoxy) is 2. The first kappa shape index (κ1) is 15.2. The van der Waals surface area contributed by atoms with Crippen molar-refractivity contribution >= 4 is 5.97 Å². The van der Waals surface area contributed by atoms with Gasteiger partial charge in [-0.25, -0.2) is 4.79 Å². The normalized spacial score (nSPS) is 25.9. The van der Waals surface area contributed by atoms with E-state index >= 15 is 0 Å². The Balaban J connectivity index is 2.60. The molecule has 0 amide bonds. The number of hydrogen-bond donors (Lipinski definition) is 1. The third-order valence-electron chi connectivity index (χ3n) is 2.56. The van der Waals surface area contributed by atoms with E-state index in [-0.39, 0.29) is 0 Å². The van der Waals surface area contributed by atoms with Crippen molar-refractivity contribution < 1.29 is 36.9 Å². The summed E-state index contributed by atoms with van der Waals surface area (Å²) in [5.74, 6) is -12.9. The lowest BCUT2D eigenvalue weighted by Crippen LogP contribution is -2.51. The highest BCUT2D eigenvalue weighted by Gasteiger charge is 2.74. The molecule has 0 radical (unpaired) electrons. The van der Waals surface area contributed by atoms with Gasteiger partial charge in [-0.15, -0.1) is 0 Å². The zero-order valence-electron chi connectivity index (χ0n) is 9.83. The maximum Gasteiger partial charge on any atom is 0.407 e. The van der Waals surface area contributed by atoms with E-state index in [1.54, 1.807) is 6.92 Å². The molecule has 0 aromatic carbocycles. The van der Waals surface area contributed by atoms with Gasteiger partial charge in [-0.3, -0.25) is 0 Å². The number of carboxylic acid groups (broad SMARTS) is 1. The number of alkyl halides is 4. The SMILES string of the molecule is CCCC(C)OC1OC1C(F)(F)C(F)(F)C(=O)O. The number of hydrogen-bond acceptors (Lipinski definition) is 3. The first-order valence-electron chi connectivity index (χ1n) is 5.44. The molecule has 0 aromatic rings. The molecule has 4 nitrogen and oxygen atoms in total. The Morgan fingerprint density at radius 3 is 2.44 bits per heavy atom. The van der Waals surface area contributed by atoms with E-state index in [2.05, 4.69) is 4.74 Å². The van der Waals surface area contributed by atoms with E-state index in [1.165, 1.54) is 0 Å². The van der Waals surface area contributed by atoms with Gasteiger partial charge in [0.1, 0.15) is 0 Å². The van der Waals surface area contributed by atoms with Gasteiger partial charge in [-0.05, 0) is 13.3 Å². The first-order chi connectivity index (χ1) is 8.14. The summed E-state index contributed by atoms with van der Waals surface area (Å²) in [7, 11) is 0. The van der Waals surface area contributed by atoms with E-state index in [4.69, 9.17) is 9.84 Å². The average molecular weight is 274 g/mol. The summed E-state index contributed by atoms with van der Waals surface area (Å²) >= 11 is 0. The highest BCUT2D eigenvalue weighted by molar-refractivity contribution is 5.77. The summed E-state index contributed by atoms with van der Waals surface area (Å²) in [6.45, 7) is 3.44. The third-order valence-corrected chi connectivity index (χ3v) is 2.56. The van der Waals surface area contributed by atoms with E-state index in [9.17, 15) is 22.4 Å². The van der Waals surface area contributed by atoms with E-state index in [0.717, 1.165) is 6.42 Å². The van der Waals surface area contributed by atoms with Crippen molar-refractivity contribution in [2.45, 2.75) is 57.0 Å². The molecule has 1 saturated heterocycles. The van der Waals surface area contributed by atoms with E-state index in [0.29, 0.717) is 6.42 Å². The molecule has 1 N–H and O–H groups in total. The number of rotatable bonds is 7. The maximum atomic E-state index is 13.2. The highest BCUT2D eigenvalue weighted by atomic mass is 19.3. The molecule has 1 aliphatic heterocycles. The monoisotopic (exact) mass is 274 g/mol. The quantitative estimate of drug-likeness (QED) is 0.571. The lowest BCUT2D eigenvalue weighted by molar-refractivity contribution is -0.230. The van der Waals surface area contributed by atoms with Gasteiger partial charge in [-0.2, -0.15) is 17.6 Å². The summed E-state index contributed by atoms with van der Waals surface area (Å²) in [6.07, 6.45) is -2.82. The third kappa shape index (κ3) is 2.74. The zero-order chi connectivity index (χ0) is 14.1. The molecular weight excluding hydrogens is 260 g/mol. The minimum atomic E-state index is -5.18. The second-order valence-electron chi connectivity index (χ2n) is 4.16. The molecule has 1 fully saturated rings. The van der Waals surface area contributed by atoms with Gasteiger partial charge in [0, 0.05) is 0 Å². The van der Waals surface area contributed by atoms with Crippen LogP contribution in [0.2, 0.25) is 0 Å². The molecule has 1 aliphatic rings. The van der Waals surface area contributed by atoms with Crippen LogP contribution < -0.4 is 0 Å². The molecule has 1 heterocycles. The van der Waals surface area contributed by atoms with Crippen LogP contribution in [0.3, 0.4) is 0 Å². The smallest absolute Gasteiger partial charge is 0.407 e. The second kappa shape index (κ2) is 5.00. The lowest BCUT2D eigenvalue weighted by atomic mass is 10.1. The Hall–Kier alpha value is -0.890. The Morgan fingerprint density at radius 1 is 1.44 bits per heavy atom. The van der Waals surface area contributed by atoms with Crippen molar-refractivity contribution in [3.05, 3.63) is 0 Å². The van der Waals surface area contributed by atoms with Crippen LogP contribution in [0.5, 0.6) is 0 Å². The largest absolute Gasteiger partial charge is 0.477 e. The summed E-state index contributed by atoms with van der Waals surface area (Å²) in [4.78, 5) is 10.1. The van der Waals surface area contributed by atoms with E-state index < -0.39 is 36.3 Å². The second-order valence-corrected chi connectivity index (χ2v) is 4.16. The molecule has 1 rings (SSSR count). The Labute approximate surface area is 101 Å². The van der Waals surface area contributed by atoms with Gasteiger partial charge in [0.25, 0.3) is 0 Å². The predicted octanol–water partition coefficient (Wildman–Crippen LogP) is 2.27. The van der Waals surface area contributed by atoms with E-state index in [1.807, 2.05) is 6.92 Å². The van der Waals surface area contributed by atoms with Gasteiger partial charge >= 0.3 is 17.8 Å². The molecule has 0 spiro atoms. The molecule has 0 aliphatic carbocycles. The van der Waals surface area contributed by atoms with Crippen LogP contribution in [0, 0.1) is 0 Å². The topological polar surface area (TPSA) is 59.1 Å². The molecule has 3 atom stereocenters.